The van der Waals surface area contributed by atoms with E-state index in [0.29, 0.717) is 38.1 Å². The molecule has 21 heavy (non-hydrogen) atoms. The third-order valence-electron chi connectivity index (χ3n) is 3.63. The highest BCUT2D eigenvalue weighted by Gasteiger charge is 2.30. The predicted molar refractivity (Wildman–Crippen MR) is 72.0 cm³/mol. The topological polar surface area (TPSA) is 75.5 Å². The van der Waals surface area contributed by atoms with Gasteiger partial charge in [0.15, 0.2) is 11.5 Å². The molecular formula is C13H15F2N3O3. The largest absolute Gasteiger partial charge is 0.364 e. The molecule has 0 spiro atoms. The Bertz CT molecular complexity index is 572. The predicted octanol–water partition coefficient (Wildman–Crippen LogP) is 1.84. The van der Waals surface area contributed by atoms with Gasteiger partial charge in [-0.1, -0.05) is 0 Å². The van der Waals surface area contributed by atoms with Crippen molar-refractivity contribution < 1.29 is 18.5 Å². The van der Waals surface area contributed by atoms with Crippen LogP contribution in [-0.4, -0.2) is 31.0 Å². The van der Waals surface area contributed by atoms with Gasteiger partial charge in [0.05, 0.1) is 11.0 Å². The number of halogens is 2. The molecule has 1 aliphatic heterocycles. The lowest BCUT2D eigenvalue weighted by molar-refractivity contribution is -0.384. The second-order valence-corrected chi connectivity index (χ2v) is 4.89. The van der Waals surface area contributed by atoms with Crippen molar-refractivity contribution in [3.63, 3.8) is 0 Å². The van der Waals surface area contributed by atoms with Crippen molar-refractivity contribution in [3.05, 3.63) is 33.9 Å². The van der Waals surface area contributed by atoms with Crippen molar-refractivity contribution in [1.82, 2.24) is 5.32 Å². The summed E-state index contributed by atoms with van der Waals surface area (Å²) in [5.41, 5.74) is -0.803. The van der Waals surface area contributed by atoms with Crippen molar-refractivity contribution in [1.29, 1.82) is 0 Å². The quantitative estimate of drug-likeness (QED) is 0.682. The molecule has 114 valence electrons. The van der Waals surface area contributed by atoms with Crippen LogP contribution in [0.4, 0.5) is 20.2 Å². The van der Waals surface area contributed by atoms with E-state index >= 15 is 0 Å². The van der Waals surface area contributed by atoms with Crippen LogP contribution in [0.3, 0.4) is 0 Å². The average Bonchev–Trinajstić information content (AvgIpc) is 2.46. The molecule has 1 amide bonds. The Morgan fingerprint density at radius 2 is 2.00 bits per heavy atom. The van der Waals surface area contributed by atoms with Gasteiger partial charge in [-0.2, -0.15) is 0 Å². The summed E-state index contributed by atoms with van der Waals surface area (Å²) in [6, 6.07) is 1.34. The SMILES string of the molecule is CNC(=O)C1CCN(c2c(F)cc(F)cc2[N+](=O)[O-])CC1. The van der Waals surface area contributed by atoms with Crippen LogP contribution < -0.4 is 10.2 Å². The molecule has 1 saturated heterocycles. The second-order valence-electron chi connectivity index (χ2n) is 4.89. The first-order valence-electron chi connectivity index (χ1n) is 6.54. The van der Waals surface area contributed by atoms with Crippen LogP contribution in [0, 0.1) is 27.7 Å². The van der Waals surface area contributed by atoms with Crippen molar-refractivity contribution >= 4 is 17.3 Å². The number of amides is 1. The normalized spacial score (nSPS) is 15.9. The Hall–Kier alpha value is -2.25. The smallest absolute Gasteiger partial charge is 0.298 e. The summed E-state index contributed by atoms with van der Waals surface area (Å²) in [7, 11) is 1.54. The number of rotatable bonds is 3. The summed E-state index contributed by atoms with van der Waals surface area (Å²) in [5, 5.41) is 13.5. The molecule has 6 nitrogen and oxygen atoms in total. The number of piperidine rings is 1. The highest BCUT2D eigenvalue weighted by Crippen LogP contribution is 2.34. The van der Waals surface area contributed by atoms with Crippen LogP contribution in [0.2, 0.25) is 0 Å². The van der Waals surface area contributed by atoms with Gasteiger partial charge in [0, 0.05) is 32.1 Å². The highest BCUT2D eigenvalue weighted by molar-refractivity contribution is 5.78. The van der Waals surface area contributed by atoms with Crippen molar-refractivity contribution in [2.45, 2.75) is 12.8 Å². The van der Waals surface area contributed by atoms with Gasteiger partial charge in [0.1, 0.15) is 5.82 Å². The van der Waals surface area contributed by atoms with Crippen molar-refractivity contribution in [2.75, 3.05) is 25.0 Å². The molecule has 0 atom stereocenters. The first kappa shape index (κ1) is 15.1. The molecule has 1 heterocycles. The van der Waals surface area contributed by atoms with E-state index in [2.05, 4.69) is 5.32 Å². The third-order valence-corrected chi connectivity index (χ3v) is 3.63. The van der Waals surface area contributed by atoms with Crippen LogP contribution in [0.15, 0.2) is 12.1 Å². The van der Waals surface area contributed by atoms with Gasteiger partial charge in [-0.25, -0.2) is 8.78 Å². The Kier molecular flexibility index (Phi) is 4.35. The number of hydrogen-bond acceptors (Lipinski definition) is 4. The molecule has 1 aromatic rings. The van der Waals surface area contributed by atoms with Gasteiger partial charge in [-0.3, -0.25) is 14.9 Å². The van der Waals surface area contributed by atoms with Crippen LogP contribution in [0.25, 0.3) is 0 Å². The molecule has 8 heteroatoms. The molecule has 0 bridgehead atoms. The number of nitrogens with one attached hydrogen (secondary N) is 1. The molecule has 0 saturated carbocycles. The summed E-state index contributed by atoms with van der Waals surface area (Å²) in [6.45, 7) is 0.614. The Morgan fingerprint density at radius 1 is 1.38 bits per heavy atom. The summed E-state index contributed by atoms with van der Waals surface area (Å²) < 4.78 is 27.0. The van der Waals surface area contributed by atoms with E-state index in [1.54, 1.807) is 7.05 Å². The van der Waals surface area contributed by atoms with Gasteiger partial charge in [0.2, 0.25) is 5.91 Å². The molecule has 0 aliphatic carbocycles. The molecule has 1 aromatic carbocycles. The van der Waals surface area contributed by atoms with Crippen LogP contribution in [0.5, 0.6) is 0 Å². The van der Waals surface area contributed by atoms with Crippen LogP contribution in [-0.2, 0) is 4.79 Å². The maximum absolute atomic E-state index is 13.9. The maximum Gasteiger partial charge on any atom is 0.298 e. The fraction of sp³-hybridized carbons (Fsp3) is 0.462. The van der Waals surface area contributed by atoms with Crippen LogP contribution in [0.1, 0.15) is 12.8 Å². The number of nitro groups is 1. The van der Waals surface area contributed by atoms with E-state index in [9.17, 15) is 23.7 Å². The van der Waals surface area contributed by atoms with Gasteiger partial charge >= 0.3 is 0 Å². The monoisotopic (exact) mass is 299 g/mol. The zero-order chi connectivity index (χ0) is 15.6. The molecule has 0 unspecified atom stereocenters. The molecule has 1 N–H and O–H groups in total. The number of benzene rings is 1. The van der Waals surface area contributed by atoms with Crippen molar-refractivity contribution in [3.8, 4) is 0 Å². The number of carbonyl (C=O) groups is 1. The number of anilines is 1. The molecule has 2 rings (SSSR count). The van der Waals surface area contributed by atoms with Gasteiger partial charge in [0.25, 0.3) is 5.69 Å². The molecule has 1 aliphatic rings. The van der Waals surface area contributed by atoms with E-state index in [-0.39, 0.29) is 17.5 Å². The standard InChI is InChI=1S/C13H15F2N3O3/c1-16-13(19)8-2-4-17(5-3-8)12-10(15)6-9(14)7-11(12)18(20)21/h6-8H,2-5H2,1H3,(H,16,19). The zero-order valence-electron chi connectivity index (χ0n) is 11.4. The fourth-order valence-electron chi connectivity index (χ4n) is 2.57. The average molecular weight is 299 g/mol. The minimum atomic E-state index is -0.983. The van der Waals surface area contributed by atoms with E-state index in [0.717, 1.165) is 0 Å². The lowest BCUT2D eigenvalue weighted by atomic mass is 9.95. The molecule has 1 fully saturated rings. The lowest BCUT2D eigenvalue weighted by Gasteiger charge is -2.32. The molecule has 0 radical (unpaired) electrons. The number of nitrogens with zero attached hydrogens (tertiary/aromatic N) is 2. The minimum absolute atomic E-state index is 0.0938. The van der Waals surface area contributed by atoms with E-state index < -0.39 is 22.2 Å². The van der Waals surface area contributed by atoms with E-state index in [4.69, 9.17) is 0 Å². The maximum atomic E-state index is 13.9. The van der Waals surface area contributed by atoms with Gasteiger partial charge in [-0.15, -0.1) is 0 Å². The van der Waals surface area contributed by atoms with Crippen LogP contribution >= 0.6 is 0 Å². The lowest BCUT2D eigenvalue weighted by Crippen LogP contribution is -2.40. The Balaban J connectivity index is 2.24. The number of carbonyl (C=O) groups excluding carboxylic acids is 1. The summed E-state index contributed by atoms with van der Waals surface area (Å²) in [5.74, 6) is -2.22. The Morgan fingerprint density at radius 3 is 2.52 bits per heavy atom. The zero-order valence-corrected chi connectivity index (χ0v) is 11.4. The number of hydrogen-bond donors (Lipinski definition) is 1. The first-order chi connectivity index (χ1) is 9.93. The summed E-state index contributed by atoms with van der Waals surface area (Å²) in [6.07, 6.45) is 0.932. The van der Waals surface area contributed by atoms with E-state index in [1.165, 1.54) is 4.90 Å². The molecular weight excluding hydrogens is 284 g/mol. The van der Waals surface area contributed by atoms with E-state index in [1.807, 2.05) is 0 Å². The Labute approximate surface area is 119 Å². The highest BCUT2D eigenvalue weighted by atomic mass is 19.1. The molecule has 0 aromatic heterocycles. The first-order valence-corrected chi connectivity index (χ1v) is 6.54. The third kappa shape index (κ3) is 3.09. The number of nitro benzene ring substituents is 1. The van der Waals surface area contributed by atoms with Crippen molar-refractivity contribution in [2.24, 2.45) is 5.92 Å². The van der Waals surface area contributed by atoms with Gasteiger partial charge in [-0.05, 0) is 12.8 Å². The summed E-state index contributed by atoms with van der Waals surface area (Å²) in [4.78, 5) is 23.2. The van der Waals surface area contributed by atoms with Gasteiger partial charge < -0.3 is 10.2 Å². The second kappa shape index (κ2) is 6.02. The fourth-order valence-corrected chi connectivity index (χ4v) is 2.57. The minimum Gasteiger partial charge on any atom is -0.364 e. The summed E-state index contributed by atoms with van der Waals surface area (Å²) >= 11 is 0.